The molecule has 2 aliphatic rings. The molecule has 1 unspecified atom stereocenters. The summed E-state index contributed by atoms with van der Waals surface area (Å²) in [6.07, 6.45) is 5.44. The minimum atomic E-state index is 0.0274. The van der Waals surface area contributed by atoms with Crippen LogP contribution in [0, 0.1) is 5.92 Å². The van der Waals surface area contributed by atoms with Gasteiger partial charge in [-0.05, 0) is 47.3 Å². The highest BCUT2D eigenvalue weighted by Crippen LogP contribution is 2.34. The van der Waals surface area contributed by atoms with Crippen molar-refractivity contribution in [3.05, 3.63) is 28.7 Å². The van der Waals surface area contributed by atoms with Crippen molar-refractivity contribution < 1.29 is 4.79 Å². The first-order valence-electron chi connectivity index (χ1n) is 6.43. The number of fused-ring (bicyclic) bond motifs is 1. The third kappa shape index (κ3) is 1.99. The van der Waals surface area contributed by atoms with Crippen molar-refractivity contribution in [2.75, 3.05) is 5.01 Å². The Morgan fingerprint density at radius 3 is 2.89 bits per heavy atom. The fourth-order valence-electron chi connectivity index (χ4n) is 2.68. The first-order valence-corrected chi connectivity index (χ1v) is 7.22. The van der Waals surface area contributed by atoms with Gasteiger partial charge in [0.1, 0.15) is 0 Å². The second-order valence-corrected chi connectivity index (χ2v) is 5.70. The first kappa shape index (κ1) is 11.9. The van der Waals surface area contributed by atoms with E-state index in [9.17, 15) is 4.79 Å². The maximum Gasteiger partial charge on any atom is 0.256 e. The maximum atomic E-state index is 12.4. The van der Waals surface area contributed by atoms with E-state index < -0.39 is 0 Å². The van der Waals surface area contributed by atoms with Crippen LogP contribution in [-0.4, -0.2) is 11.6 Å². The van der Waals surface area contributed by atoms with Crippen molar-refractivity contribution in [2.45, 2.75) is 32.1 Å². The van der Waals surface area contributed by atoms with Crippen molar-refractivity contribution in [3.8, 4) is 0 Å². The number of benzene rings is 1. The van der Waals surface area contributed by atoms with Crippen LogP contribution in [0.2, 0.25) is 0 Å². The SMILES string of the molecule is O=C1C2CCCCCC2=NN1c1ccccc1Br. The maximum absolute atomic E-state index is 12.4. The van der Waals surface area contributed by atoms with E-state index in [1.54, 1.807) is 5.01 Å². The zero-order chi connectivity index (χ0) is 12.5. The van der Waals surface area contributed by atoms with Crippen molar-refractivity contribution in [3.63, 3.8) is 0 Å². The molecule has 3 rings (SSSR count). The molecule has 1 fully saturated rings. The number of carbonyl (C=O) groups is 1. The molecule has 0 N–H and O–H groups in total. The van der Waals surface area contributed by atoms with Crippen molar-refractivity contribution in [1.82, 2.24) is 0 Å². The van der Waals surface area contributed by atoms with Gasteiger partial charge in [-0.25, -0.2) is 0 Å². The summed E-state index contributed by atoms with van der Waals surface area (Å²) in [5.41, 5.74) is 1.93. The minimum Gasteiger partial charge on any atom is -0.272 e. The summed E-state index contributed by atoms with van der Waals surface area (Å²) in [7, 11) is 0. The molecule has 4 heteroatoms. The molecule has 0 aromatic heterocycles. The highest BCUT2D eigenvalue weighted by atomic mass is 79.9. The Hall–Kier alpha value is -1.16. The van der Waals surface area contributed by atoms with Crippen LogP contribution in [0.25, 0.3) is 0 Å². The molecule has 1 aromatic rings. The van der Waals surface area contributed by atoms with Crippen LogP contribution in [-0.2, 0) is 4.79 Å². The first-order chi connectivity index (χ1) is 8.77. The van der Waals surface area contributed by atoms with Gasteiger partial charge in [-0.1, -0.05) is 25.0 Å². The number of rotatable bonds is 1. The van der Waals surface area contributed by atoms with E-state index in [0.29, 0.717) is 0 Å². The predicted molar refractivity (Wildman–Crippen MR) is 75.6 cm³/mol. The molecule has 1 saturated carbocycles. The number of hydrazone groups is 1. The summed E-state index contributed by atoms with van der Waals surface area (Å²) >= 11 is 3.49. The Morgan fingerprint density at radius 2 is 2.06 bits per heavy atom. The van der Waals surface area contributed by atoms with E-state index in [1.165, 1.54) is 6.42 Å². The molecule has 0 spiro atoms. The predicted octanol–water partition coefficient (Wildman–Crippen LogP) is 3.73. The minimum absolute atomic E-state index is 0.0274. The Kier molecular flexibility index (Phi) is 3.20. The summed E-state index contributed by atoms with van der Waals surface area (Å²) in [6.45, 7) is 0. The van der Waals surface area contributed by atoms with Gasteiger partial charge in [0.15, 0.2) is 0 Å². The fourth-order valence-corrected chi connectivity index (χ4v) is 3.13. The molecule has 0 bridgehead atoms. The molecule has 1 heterocycles. The van der Waals surface area contributed by atoms with Gasteiger partial charge in [0.25, 0.3) is 5.91 Å². The molecule has 1 aliphatic heterocycles. The Balaban J connectivity index is 1.95. The van der Waals surface area contributed by atoms with Crippen molar-refractivity contribution in [2.24, 2.45) is 11.0 Å². The van der Waals surface area contributed by atoms with Gasteiger partial charge >= 0.3 is 0 Å². The van der Waals surface area contributed by atoms with Crippen LogP contribution in [0.5, 0.6) is 0 Å². The molecule has 0 radical (unpaired) electrons. The van der Waals surface area contributed by atoms with Crippen LogP contribution in [0.1, 0.15) is 32.1 Å². The van der Waals surface area contributed by atoms with Gasteiger partial charge in [0.2, 0.25) is 0 Å². The molecule has 3 nitrogen and oxygen atoms in total. The zero-order valence-electron chi connectivity index (χ0n) is 10.1. The van der Waals surface area contributed by atoms with E-state index in [1.807, 2.05) is 24.3 Å². The second kappa shape index (κ2) is 4.84. The van der Waals surface area contributed by atoms with Crippen LogP contribution in [0.3, 0.4) is 0 Å². The average molecular weight is 307 g/mol. The van der Waals surface area contributed by atoms with Crippen LogP contribution in [0.4, 0.5) is 5.69 Å². The average Bonchev–Trinajstić information content (AvgIpc) is 2.56. The number of hydrogen-bond donors (Lipinski definition) is 0. The molecular formula is C14H15BrN2O. The lowest BCUT2D eigenvalue weighted by Gasteiger charge is -2.15. The zero-order valence-corrected chi connectivity index (χ0v) is 11.7. The highest BCUT2D eigenvalue weighted by Gasteiger charge is 2.37. The lowest BCUT2D eigenvalue weighted by atomic mass is 9.98. The van der Waals surface area contributed by atoms with Crippen LogP contribution < -0.4 is 5.01 Å². The Labute approximate surface area is 115 Å². The summed E-state index contributed by atoms with van der Waals surface area (Å²) in [6, 6.07) is 7.75. The summed E-state index contributed by atoms with van der Waals surface area (Å²) in [5, 5.41) is 6.13. The van der Waals surface area contributed by atoms with E-state index in [-0.39, 0.29) is 11.8 Å². The topological polar surface area (TPSA) is 32.7 Å². The number of amides is 1. The van der Waals surface area contributed by atoms with Crippen LogP contribution >= 0.6 is 15.9 Å². The molecular weight excluding hydrogens is 292 g/mol. The normalized spacial score (nSPS) is 23.6. The number of para-hydroxylation sites is 1. The standard InChI is InChI=1S/C14H15BrN2O/c15-11-7-4-5-9-13(11)17-14(18)10-6-2-1-3-8-12(10)16-17/h4-5,7,9-10H,1-3,6,8H2. The third-order valence-corrected chi connectivity index (χ3v) is 4.31. The van der Waals surface area contributed by atoms with Crippen molar-refractivity contribution in [1.29, 1.82) is 0 Å². The lowest BCUT2D eigenvalue weighted by molar-refractivity contribution is -0.119. The molecule has 1 aliphatic carbocycles. The molecule has 18 heavy (non-hydrogen) atoms. The molecule has 94 valence electrons. The van der Waals surface area contributed by atoms with Gasteiger partial charge in [0, 0.05) is 4.47 Å². The third-order valence-electron chi connectivity index (χ3n) is 3.64. The Bertz CT molecular complexity index is 512. The smallest absolute Gasteiger partial charge is 0.256 e. The molecule has 1 aromatic carbocycles. The molecule has 1 amide bonds. The number of nitrogens with zero attached hydrogens (tertiary/aromatic N) is 2. The second-order valence-electron chi connectivity index (χ2n) is 4.84. The number of carbonyl (C=O) groups excluding carboxylic acids is 1. The summed E-state index contributed by atoms with van der Waals surface area (Å²) < 4.78 is 0.916. The van der Waals surface area contributed by atoms with Gasteiger partial charge < -0.3 is 0 Å². The monoisotopic (exact) mass is 306 g/mol. The van der Waals surface area contributed by atoms with Crippen molar-refractivity contribution >= 4 is 33.2 Å². The van der Waals surface area contributed by atoms with E-state index >= 15 is 0 Å². The Morgan fingerprint density at radius 1 is 1.22 bits per heavy atom. The number of halogens is 1. The van der Waals surface area contributed by atoms with Gasteiger partial charge in [-0.15, -0.1) is 0 Å². The lowest BCUT2D eigenvalue weighted by Crippen LogP contribution is -2.27. The van der Waals surface area contributed by atoms with E-state index in [2.05, 4.69) is 21.0 Å². The molecule has 1 atom stereocenters. The number of hydrogen-bond acceptors (Lipinski definition) is 2. The van der Waals surface area contributed by atoms with Gasteiger partial charge in [-0.2, -0.15) is 10.1 Å². The fraction of sp³-hybridized carbons (Fsp3) is 0.429. The van der Waals surface area contributed by atoms with Gasteiger partial charge in [-0.3, -0.25) is 4.79 Å². The van der Waals surface area contributed by atoms with Gasteiger partial charge in [0.05, 0.1) is 17.3 Å². The quantitative estimate of drug-likeness (QED) is 0.778. The van der Waals surface area contributed by atoms with E-state index in [4.69, 9.17) is 0 Å². The number of anilines is 1. The van der Waals surface area contributed by atoms with Crippen LogP contribution in [0.15, 0.2) is 33.8 Å². The van der Waals surface area contributed by atoms with E-state index in [0.717, 1.165) is 41.6 Å². The molecule has 0 saturated heterocycles. The highest BCUT2D eigenvalue weighted by molar-refractivity contribution is 9.10. The largest absolute Gasteiger partial charge is 0.272 e. The summed E-state index contributed by atoms with van der Waals surface area (Å²) in [4.78, 5) is 12.4. The summed E-state index contributed by atoms with van der Waals surface area (Å²) in [5.74, 6) is 0.165.